The minimum atomic E-state index is -0.674. The van der Waals surface area contributed by atoms with E-state index in [4.69, 9.17) is 5.11 Å². The molecule has 16 heavy (non-hydrogen) atoms. The van der Waals surface area contributed by atoms with Gasteiger partial charge in [-0.25, -0.2) is 0 Å². The van der Waals surface area contributed by atoms with Crippen LogP contribution in [0.25, 0.3) is 0 Å². The molecular formula is C13H25NO2. The highest BCUT2D eigenvalue weighted by atomic mass is 16.4. The molecule has 0 saturated carbocycles. The molecule has 0 amide bonds. The van der Waals surface area contributed by atoms with E-state index in [1.165, 1.54) is 32.1 Å². The second kappa shape index (κ2) is 6.89. The molecule has 1 atom stereocenters. The average molecular weight is 227 g/mol. The van der Waals surface area contributed by atoms with Gasteiger partial charge in [0.2, 0.25) is 0 Å². The number of aliphatic carboxylic acids is 1. The SMILES string of the molecule is CC(C)CC1CCCCCN1CCC(=O)O. The Morgan fingerprint density at radius 1 is 1.38 bits per heavy atom. The lowest BCUT2D eigenvalue weighted by Gasteiger charge is -2.30. The van der Waals surface area contributed by atoms with Crippen molar-refractivity contribution in [3.05, 3.63) is 0 Å². The van der Waals surface area contributed by atoms with E-state index in [0.29, 0.717) is 12.0 Å². The highest BCUT2D eigenvalue weighted by molar-refractivity contribution is 5.66. The van der Waals surface area contributed by atoms with E-state index in [1.54, 1.807) is 0 Å². The molecule has 3 nitrogen and oxygen atoms in total. The molecule has 0 aromatic rings. The summed E-state index contributed by atoms with van der Waals surface area (Å²) < 4.78 is 0. The number of carboxylic acid groups (broad SMARTS) is 1. The van der Waals surface area contributed by atoms with Crippen molar-refractivity contribution in [2.24, 2.45) is 5.92 Å². The number of nitrogens with zero attached hydrogens (tertiary/aromatic N) is 1. The maximum Gasteiger partial charge on any atom is 0.304 e. The van der Waals surface area contributed by atoms with Crippen molar-refractivity contribution in [3.8, 4) is 0 Å². The number of hydrogen-bond acceptors (Lipinski definition) is 2. The van der Waals surface area contributed by atoms with Crippen LogP contribution in [0.4, 0.5) is 0 Å². The fraction of sp³-hybridized carbons (Fsp3) is 0.923. The molecule has 1 saturated heterocycles. The summed E-state index contributed by atoms with van der Waals surface area (Å²) in [7, 11) is 0. The van der Waals surface area contributed by atoms with Crippen LogP contribution in [-0.2, 0) is 4.79 Å². The van der Waals surface area contributed by atoms with Gasteiger partial charge in [0.25, 0.3) is 0 Å². The Kier molecular flexibility index (Phi) is 5.81. The predicted molar refractivity (Wildman–Crippen MR) is 65.5 cm³/mol. The van der Waals surface area contributed by atoms with Crippen LogP contribution >= 0.6 is 0 Å². The first-order valence-corrected chi connectivity index (χ1v) is 6.55. The normalized spacial score (nSPS) is 23.3. The summed E-state index contributed by atoms with van der Waals surface area (Å²) in [5, 5.41) is 8.76. The van der Waals surface area contributed by atoms with Crippen LogP contribution in [-0.4, -0.2) is 35.1 Å². The maximum absolute atomic E-state index is 10.6. The zero-order chi connectivity index (χ0) is 12.0. The summed E-state index contributed by atoms with van der Waals surface area (Å²) >= 11 is 0. The van der Waals surface area contributed by atoms with Gasteiger partial charge in [0.05, 0.1) is 6.42 Å². The topological polar surface area (TPSA) is 40.5 Å². The molecule has 94 valence electrons. The number of rotatable bonds is 5. The van der Waals surface area contributed by atoms with E-state index in [0.717, 1.165) is 13.1 Å². The summed E-state index contributed by atoms with van der Waals surface area (Å²) in [6, 6.07) is 0.613. The molecule has 1 N–H and O–H groups in total. The predicted octanol–water partition coefficient (Wildman–Crippen LogP) is 2.75. The molecule has 0 spiro atoms. The zero-order valence-electron chi connectivity index (χ0n) is 10.6. The molecule has 1 heterocycles. The van der Waals surface area contributed by atoms with Crippen molar-refractivity contribution in [3.63, 3.8) is 0 Å². The van der Waals surface area contributed by atoms with Crippen LogP contribution in [0, 0.1) is 5.92 Å². The van der Waals surface area contributed by atoms with E-state index in [-0.39, 0.29) is 6.42 Å². The lowest BCUT2D eigenvalue weighted by Crippen LogP contribution is -2.37. The van der Waals surface area contributed by atoms with Gasteiger partial charge in [-0.15, -0.1) is 0 Å². The minimum Gasteiger partial charge on any atom is -0.481 e. The van der Waals surface area contributed by atoms with E-state index in [1.807, 2.05) is 0 Å². The quantitative estimate of drug-likeness (QED) is 0.785. The number of hydrogen-bond donors (Lipinski definition) is 1. The Morgan fingerprint density at radius 3 is 2.75 bits per heavy atom. The molecule has 0 aliphatic carbocycles. The van der Waals surface area contributed by atoms with Gasteiger partial charge in [0.15, 0.2) is 0 Å². The summed E-state index contributed by atoms with van der Waals surface area (Å²) in [4.78, 5) is 13.0. The van der Waals surface area contributed by atoms with E-state index in [2.05, 4.69) is 18.7 Å². The monoisotopic (exact) mass is 227 g/mol. The standard InChI is InChI=1S/C13H25NO2/c1-11(2)10-12-6-4-3-5-8-14(12)9-7-13(15)16/h11-12H,3-10H2,1-2H3,(H,15,16). The van der Waals surface area contributed by atoms with Gasteiger partial charge in [-0.2, -0.15) is 0 Å². The van der Waals surface area contributed by atoms with Crippen molar-refractivity contribution in [1.82, 2.24) is 4.90 Å². The Hall–Kier alpha value is -0.570. The maximum atomic E-state index is 10.6. The third-order valence-corrected chi connectivity index (χ3v) is 3.36. The average Bonchev–Trinajstić information content (AvgIpc) is 2.39. The van der Waals surface area contributed by atoms with Gasteiger partial charge in [-0.3, -0.25) is 9.69 Å². The van der Waals surface area contributed by atoms with Crippen LogP contribution in [0.5, 0.6) is 0 Å². The van der Waals surface area contributed by atoms with Gasteiger partial charge < -0.3 is 5.11 Å². The summed E-state index contributed by atoms with van der Waals surface area (Å²) in [6.45, 7) is 6.32. The number of carboxylic acids is 1. The Labute approximate surface area is 98.8 Å². The molecule has 1 aliphatic rings. The highest BCUT2D eigenvalue weighted by Gasteiger charge is 2.21. The zero-order valence-corrected chi connectivity index (χ0v) is 10.6. The first-order chi connectivity index (χ1) is 7.59. The fourth-order valence-electron chi connectivity index (χ4n) is 2.58. The molecule has 0 aromatic heterocycles. The van der Waals surface area contributed by atoms with Crippen LogP contribution < -0.4 is 0 Å². The number of carbonyl (C=O) groups is 1. The largest absolute Gasteiger partial charge is 0.481 e. The second-order valence-corrected chi connectivity index (χ2v) is 5.31. The summed E-state index contributed by atoms with van der Waals surface area (Å²) in [5.74, 6) is 0.0305. The molecular weight excluding hydrogens is 202 g/mol. The molecule has 1 unspecified atom stereocenters. The molecule has 0 radical (unpaired) electrons. The molecule has 0 bridgehead atoms. The molecule has 0 aromatic carbocycles. The lowest BCUT2D eigenvalue weighted by molar-refractivity contribution is -0.137. The van der Waals surface area contributed by atoms with Crippen molar-refractivity contribution >= 4 is 5.97 Å². The lowest BCUT2D eigenvalue weighted by atomic mass is 9.98. The van der Waals surface area contributed by atoms with E-state index >= 15 is 0 Å². The van der Waals surface area contributed by atoms with Crippen molar-refractivity contribution < 1.29 is 9.90 Å². The third kappa shape index (κ3) is 4.97. The Morgan fingerprint density at radius 2 is 2.12 bits per heavy atom. The third-order valence-electron chi connectivity index (χ3n) is 3.36. The van der Waals surface area contributed by atoms with Gasteiger partial charge in [0.1, 0.15) is 0 Å². The van der Waals surface area contributed by atoms with Crippen molar-refractivity contribution in [2.45, 2.75) is 58.4 Å². The van der Waals surface area contributed by atoms with Crippen LogP contribution in [0.15, 0.2) is 0 Å². The molecule has 1 fully saturated rings. The van der Waals surface area contributed by atoms with E-state index in [9.17, 15) is 4.79 Å². The first kappa shape index (κ1) is 13.5. The van der Waals surface area contributed by atoms with Crippen LogP contribution in [0.1, 0.15) is 52.4 Å². The van der Waals surface area contributed by atoms with Gasteiger partial charge in [-0.1, -0.05) is 26.7 Å². The molecule has 1 aliphatic heterocycles. The summed E-state index contributed by atoms with van der Waals surface area (Å²) in [6.07, 6.45) is 6.58. The van der Waals surface area contributed by atoms with Crippen LogP contribution in [0.2, 0.25) is 0 Å². The Bertz CT molecular complexity index is 216. The fourth-order valence-corrected chi connectivity index (χ4v) is 2.58. The van der Waals surface area contributed by atoms with E-state index < -0.39 is 5.97 Å². The first-order valence-electron chi connectivity index (χ1n) is 6.55. The second-order valence-electron chi connectivity index (χ2n) is 5.31. The van der Waals surface area contributed by atoms with Gasteiger partial charge in [0, 0.05) is 12.6 Å². The minimum absolute atomic E-state index is 0.286. The van der Waals surface area contributed by atoms with Crippen molar-refractivity contribution in [1.29, 1.82) is 0 Å². The smallest absolute Gasteiger partial charge is 0.304 e. The summed E-state index contributed by atoms with van der Waals surface area (Å²) in [5.41, 5.74) is 0. The number of likely N-dealkylation sites (tertiary alicyclic amines) is 1. The van der Waals surface area contributed by atoms with Crippen LogP contribution in [0.3, 0.4) is 0 Å². The van der Waals surface area contributed by atoms with Crippen molar-refractivity contribution in [2.75, 3.05) is 13.1 Å². The van der Waals surface area contributed by atoms with Gasteiger partial charge >= 0.3 is 5.97 Å². The van der Waals surface area contributed by atoms with Gasteiger partial charge in [-0.05, 0) is 31.7 Å². The molecule has 3 heteroatoms. The Balaban J connectivity index is 2.47. The highest BCUT2D eigenvalue weighted by Crippen LogP contribution is 2.22. The molecule has 1 rings (SSSR count).